The van der Waals surface area contributed by atoms with Crippen molar-refractivity contribution >= 4 is 23.5 Å². The Kier molecular flexibility index (Phi) is 9.76. The van der Waals surface area contributed by atoms with Crippen molar-refractivity contribution in [1.82, 2.24) is 21.1 Å². The second-order valence-corrected chi connectivity index (χ2v) is 10.1. The number of ether oxygens (including phenoxy) is 2. The number of hydrogen-bond donors (Lipinski definition) is 3. The number of benzene rings is 1. The summed E-state index contributed by atoms with van der Waals surface area (Å²) in [5.74, 6) is -1.38. The lowest BCUT2D eigenvalue weighted by molar-refractivity contribution is -0.133. The van der Waals surface area contributed by atoms with Crippen molar-refractivity contribution < 1.29 is 33.2 Å². The van der Waals surface area contributed by atoms with Gasteiger partial charge in [0.1, 0.15) is 23.4 Å². The largest absolute Gasteiger partial charge is 0.382 e. The zero-order chi connectivity index (χ0) is 27.9. The molecule has 2 aromatic rings. The summed E-state index contributed by atoms with van der Waals surface area (Å²) < 4.78 is 15.4. The molecule has 1 aromatic carbocycles. The van der Waals surface area contributed by atoms with E-state index in [1.807, 2.05) is 44.2 Å². The fraction of sp³-hybridized carbons (Fsp3) is 0.519. The third-order valence-corrected chi connectivity index (χ3v) is 6.17. The Morgan fingerprint density at radius 2 is 1.66 bits per heavy atom. The van der Waals surface area contributed by atoms with Crippen molar-refractivity contribution in [3.63, 3.8) is 0 Å². The minimum Gasteiger partial charge on any atom is -0.382 e. The molecule has 206 valence electrons. The number of rotatable bonds is 14. The molecule has 2 heterocycles. The van der Waals surface area contributed by atoms with Gasteiger partial charge in [-0.15, -0.1) is 0 Å². The molecule has 1 fully saturated rings. The van der Waals surface area contributed by atoms with E-state index in [0.717, 1.165) is 5.56 Å². The Morgan fingerprint density at radius 1 is 1.03 bits per heavy atom. The number of carbonyl (C=O) groups excluding carboxylic acids is 4. The van der Waals surface area contributed by atoms with Gasteiger partial charge < -0.3 is 29.9 Å². The molecule has 38 heavy (non-hydrogen) atoms. The number of methoxy groups -OCH3 is 1. The molecule has 4 atom stereocenters. The normalized spacial score (nSPS) is 18.8. The monoisotopic (exact) mass is 528 g/mol. The number of Topliss-reactive ketones (excluding diaryl/α,β-unsaturated/α-hetero) is 1. The second-order valence-electron chi connectivity index (χ2n) is 10.1. The molecule has 0 radical (unpaired) electrons. The summed E-state index contributed by atoms with van der Waals surface area (Å²) in [7, 11) is 1.39. The van der Waals surface area contributed by atoms with Crippen LogP contribution in [0.5, 0.6) is 0 Å². The zero-order valence-electron chi connectivity index (χ0n) is 22.4. The van der Waals surface area contributed by atoms with E-state index >= 15 is 0 Å². The molecule has 0 aliphatic carbocycles. The molecule has 11 nitrogen and oxygen atoms in total. The molecule has 1 saturated heterocycles. The highest BCUT2D eigenvalue weighted by atomic mass is 16.6. The maximum absolute atomic E-state index is 13.5. The molecule has 1 aliphatic heterocycles. The predicted octanol–water partition coefficient (Wildman–Crippen LogP) is 1.34. The first kappa shape index (κ1) is 29.0. The van der Waals surface area contributed by atoms with Crippen LogP contribution in [-0.2, 0) is 30.3 Å². The van der Waals surface area contributed by atoms with Crippen LogP contribution in [0.2, 0.25) is 0 Å². The molecule has 1 aliphatic rings. The molecule has 0 spiro atoms. The highest BCUT2D eigenvalue weighted by molar-refractivity contribution is 5.99. The number of amides is 3. The molecule has 3 rings (SSSR count). The molecule has 0 saturated carbocycles. The van der Waals surface area contributed by atoms with E-state index in [-0.39, 0.29) is 30.4 Å². The lowest BCUT2D eigenvalue weighted by Crippen LogP contribution is -2.58. The first-order valence-corrected chi connectivity index (χ1v) is 12.6. The lowest BCUT2D eigenvalue weighted by Gasteiger charge is -2.26. The lowest BCUT2D eigenvalue weighted by atomic mass is 9.93. The van der Waals surface area contributed by atoms with Gasteiger partial charge in [0.15, 0.2) is 11.5 Å². The minimum absolute atomic E-state index is 0.0146. The Bertz CT molecular complexity index is 1130. The van der Waals surface area contributed by atoms with Crippen LogP contribution < -0.4 is 16.0 Å². The van der Waals surface area contributed by atoms with Gasteiger partial charge in [-0.2, -0.15) is 0 Å². The van der Waals surface area contributed by atoms with E-state index in [1.54, 1.807) is 13.8 Å². The van der Waals surface area contributed by atoms with Gasteiger partial charge in [-0.05, 0) is 31.7 Å². The van der Waals surface area contributed by atoms with Gasteiger partial charge in [-0.3, -0.25) is 19.2 Å². The summed E-state index contributed by atoms with van der Waals surface area (Å²) in [5, 5.41) is 11.8. The van der Waals surface area contributed by atoms with E-state index < -0.39 is 41.4 Å². The highest BCUT2D eigenvalue weighted by Gasteiger charge is 2.50. The standard InChI is InChI=1S/C27H36N4O7/c1-16(2)11-19(23(32)27(4)15-37-27)28-24(33)20(13-18-9-7-6-8-10-18)29-26(35)22(14-36-5)30-25(34)21-12-17(3)38-31-21/h6-10,12,16,19-20,22H,11,13-15H2,1-5H3,(H,28,33)(H,29,35)(H,30,34)/t19?,20-,22?,27?/m0/s1. The van der Waals surface area contributed by atoms with Crippen molar-refractivity contribution in [3.05, 3.63) is 53.4 Å². The van der Waals surface area contributed by atoms with Crippen molar-refractivity contribution in [2.75, 3.05) is 20.3 Å². The zero-order valence-corrected chi connectivity index (χ0v) is 22.4. The number of aromatic nitrogens is 1. The highest BCUT2D eigenvalue weighted by Crippen LogP contribution is 2.29. The smallest absolute Gasteiger partial charge is 0.274 e. The van der Waals surface area contributed by atoms with Crippen LogP contribution in [0.4, 0.5) is 0 Å². The summed E-state index contributed by atoms with van der Waals surface area (Å²) in [5.41, 5.74) is -0.0819. The van der Waals surface area contributed by atoms with Crippen molar-refractivity contribution in [1.29, 1.82) is 0 Å². The summed E-state index contributed by atoms with van der Waals surface area (Å²) in [4.78, 5) is 52.4. The van der Waals surface area contributed by atoms with Gasteiger partial charge >= 0.3 is 0 Å². The minimum atomic E-state index is -1.11. The van der Waals surface area contributed by atoms with Crippen LogP contribution in [-0.4, -0.2) is 72.7 Å². The number of aryl methyl sites for hydroxylation is 1. The van der Waals surface area contributed by atoms with Crippen LogP contribution in [0.15, 0.2) is 40.9 Å². The summed E-state index contributed by atoms with van der Waals surface area (Å²) in [6, 6.07) is 7.72. The number of nitrogens with zero attached hydrogens (tertiary/aromatic N) is 1. The van der Waals surface area contributed by atoms with Crippen LogP contribution in [0.1, 0.15) is 49.0 Å². The fourth-order valence-corrected chi connectivity index (χ4v) is 3.98. The SMILES string of the molecule is COCC(NC(=O)c1cc(C)on1)C(=O)N[C@@H](Cc1ccccc1)C(=O)NC(CC(C)C)C(=O)C1(C)CO1. The number of nitrogens with one attached hydrogen (secondary N) is 3. The second kappa shape index (κ2) is 12.8. The Morgan fingerprint density at radius 3 is 2.21 bits per heavy atom. The quantitative estimate of drug-likeness (QED) is 0.311. The molecular weight excluding hydrogens is 492 g/mol. The van der Waals surface area contributed by atoms with Gasteiger partial charge in [0.25, 0.3) is 5.91 Å². The molecule has 3 amide bonds. The Balaban J connectivity index is 1.78. The van der Waals surface area contributed by atoms with E-state index in [4.69, 9.17) is 14.0 Å². The summed E-state index contributed by atoms with van der Waals surface area (Å²) in [6.07, 6.45) is 0.597. The van der Waals surface area contributed by atoms with E-state index in [2.05, 4.69) is 21.1 Å². The predicted molar refractivity (Wildman–Crippen MR) is 137 cm³/mol. The number of epoxide rings is 1. The first-order valence-electron chi connectivity index (χ1n) is 12.6. The van der Waals surface area contributed by atoms with Gasteiger partial charge in [-0.25, -0.2) is 0 Å². The molecule has 3 unspecified atom stereocenters. The number of hydrogen-bond acceptors (Lipinski definition) is 8. The summed E-state index contributed by atoms with van der Waals surface area (Å²) in [6.45, 7) is 7.43. The Labute approximate surface area is 222 Å². The first-order chi connectivity index (χ1) is 18.0. The van der Waals surface area contributed by atoms with Gasteiger partial charge in [0.2, 0.25) is 11.8 Å². The molecule has 1 aromatic heterocycles. The molecule has 11 heteroatoms. The molecule has 3 N–H and O–H groups in total. The average Bonchev–Trinajstić information content (AvgIpc) is 3.48. The van der Waals surface area contributed by atoms with Gasteiger partial charge in [-0.1, -0.05) is 49.3 Å². The van der Waals surface area contributed by atoms with E-state index in [0.29, 0.717) is 18.8 Å². The third kappa shape index (κ3) is 7.96. The van der Waals surface area contributed by atoms with Crippen LogP contribution >= 0.6 is 0 Å². The van der Waals surface area contributed by atoms with E-state index in [9.17, 15) is 19.2 Å². The maximum Gasteiger partial charge on any atom is 0.274 e. The average molecular weight is 529 g/mol. The van der Waals surface area contributed by atoms with Crippen molar-refractivity contribution in [2.24, 2.45) is 5.92 Å². The Hall–Kier alpha value is -3.57. The van der Waals surface area contributed by atoms with E-state index in [1.165, 1.54) is 13.2 Å². The van der Waals surface area contributed by atoms with Crippen molar-refractivity contribution in [2.45, 2.75) is 64.3 Å². The fourth-order valence-electron chi connectivity index (χ4n) is 3.98. The van der Waals surface area contributed by atoms with Crippen molar-refractivity contribution in [3.8, 4) is 0 Å². The molecular formula is C27H36N4O7. The van der Waals surface area contributed by atoms with Gasteiger partial charge in [0, 0.05) is 19.6 Å². The van der Waals surface area contributed by atoms with Crippen LogP contribution in [0.3, 0.4) is 0 Å². The number of ketones is 1. The number of carbonyl (C=O) groups is 4. The summed E-state index contributed by atoms with van der Waals surface area (Å²) >= 11 is 0. The maximum atomic E-state index is 13.5. The van der Waals surface area contributed by atoms with Crippen LogP contribution in [0.25, 0.3) is 0 Å². The topological polar surface area (TPSA) is 152 Å². The van der Waals surface area contributed by atoms with Crippen LogP contribution in [0, 0.1) is 12.8 Å². The molecule has 0 bridgehead atoms. The van der Waals surface area contributed by atoms with Gasteiger partial charge in [0.05, 0.1) is 19.3 Å². The third-order valence-electron chi connectivity index (χ3n) is 6.17.